The van der Waals surface area contributed by atoms with Gasteiger partial charge in [0.05, 0.1) is 0 Å². The molecule has 0 bridgehead atoms. The van der Waals surface area contributed by atoms with E-state index in [0.29, 0.717) is 22.4 Å². The zero-order chi connectivity index (χ0) is 13.4. The number of nitrogens with one attached hydrogen (secondary N) is 1. The van der Waals surface area contributed by atoms with Crippen LogP contribution in [0.1, 0.15) is 11.1 Å². The first-order valence-corrected chi connectivity index (χ1v) is 5.72. The second kappa shape index (κ2) is 4.31. The fourth-order valence-corrected chi connectivity index (χ4v) is 2.03. The molecule has 94 valence electrons. The topological polar surface area (TPSA) is 29.1 Å². The summed E-state index contributed by atoms with van der Waals surface area (Å²) in [5.74, 6) is -1.03. The monoisotopic (exact) mass is 257 g/mol. The summed E-state index contributed by atoms with van der Waals surface area (Å²) in [7, 11) is 0. The van der Waals surface area contributed by atoms with Crippen LogP contribution in [0.3, 0.4) is 0 Å². The van der Waals surface area contributed by atoms with E-state index >= 15 is 0 Å². The van der Waals surface area contributed by atoms with Crippen molar-refractivity contribution in [1.82, 2.24) is 0 Å². The maximum absolute atomic E-state index is 13.2. The summed E-state index contributed by atoms with van der Waals surface area (Å²) in [6.07, 6.45) is 1.61. The molecule has 3 rings (SSSR count). The quantitative estimate of drug-likeness (QED) is 0.779. The second-order valence-electron chi connectivity index (χ2n) is 4.25. The van der Waals surface area contributed by atoms with Crippen LogP contribution in [0.2, 0.25) is 0 Å². The molecule has 1 aliphatic rings. The molecule has 0 aromatic heterocycles. The van der Waals surface area contributed by atoms with Gasteiger partial charge in [-0.1, -0.05) is 12.1 Å². The molecule has 0 unspecified atom stereocenters. The summed E-state index contributed by atoms with van der Waals surface area (Å²) in [6, 6.07) is 9.87. The molecule has 0 radical (unpaired) electrons. The molecule has 0 aliphatic carbocycles. The summed E-state index contributed by atoms with van der Waals surface area (Å²) in [4.78, 5) is 11.8. The van der Waals surface area contributed by atoms with E-state index in [2.05, 4.69) is 5.32 Å². The number of halogens is 2. The number of fused-ring (bicyclic) bond motifs is 1. The number of carbonyl (C=O) groups is 1. The smallest absolute Gasteiger partial charge is 0.256 e. The highest BCUT2D eigenvalue weighted by atomic mass is 19.1. The Morgan fingerprint density at radius 2 is 1.63 bits per heavy atom. The van der Waals surface area contributed by atoms with Gasteiger partial charge in [-0.25, -0.2) is 8.78 Å². The largest absolute Gasteiger partial charge is 0.321 e. The Morgan fingerprint density at radius 1 is 0.947 bits per heavy atom. The lowest BCUT2D eigenvalue weighted by molar-refractivity contribution is -0.110. The molecule has 1 heterocycles. The molecule has 19 heavy (non-hydrogen) atoms. The van der Waals surface area contributed by atoms with E-state index in [9.17, 15) is 13.6 Å². The first-order chi connectivity index (χ1) is 9.13. The van der Waals surface area contributed by atoms with Crippen molar-refractivity contribution in [3.63, 3.8) is 0 Å². The number of amides is 1. The van der Waals surface area contributed by atoms with Crippen molar-refractivity contribution in [3.05, 3.63) is 65.2 Å². The molecular weight excluding hydrogens is 248 g/mol. The van der Waals surface area contributed by atoms with Crippen LogP contribution in [0.4, 0.5) is 14.5 Å². The molecule has 1 N–H and O–H groups in total. The number of carbonyl (C=O) groups excluding carboxylic acids is 1. The predicted octanol–water partition coefficient (Wildman–Crippen LogP) is 3.46. The van der Waals surface area contributed by atoms with Gasteiger partial charge in [0.25, 0.3) is 5.91 Å². The summed E-state index contributed by atoms with van der Waals surface area (Å²) in [5.41, 5.74) is 2.17. The Balaban J connectivity index is 2.08. The van der Waals surface area contributed by atoms with Crippen molar-refractivity contribution >= 4 is 23.2 Å². The van der Waals surface area contributed by atoms with Gasteiger partial charge in [-0.15, -0.1) is 0 Å². The number of rotatable bonds is 1. The lowest BCUT2D eigenvalue weighted by Crippen LogP contribution is -2.03. The Bertz CT molecular complexity index is 690. The zero-order valence-corrected chi connectivity index (χ0v) is 9.78. The normalized spacial score (nSPS) is 15.5. The maximum Gasteiger partial charge on any atom is 0.256 e. The van der Waals surface area contributed by atoms with Crippen molar-refractivity contribution in [2.75, 3.05) is 5.32 Å². The van der Waals surface area contributed by atoms with Gasteiger partial charge < -0.3 is 5.32 Å². The third-order valence-electron chi connectivity index (χ3n) is 2.95. The van der Waals surface area contributed by atoms with Crippen LogP contribution in [0.25, 0.3) is 11.6 Å². The molecule has 0 spiro atoms. The minimum atomic E-state index is -0.403. The summed E-state index contributed by atoms with van der Waals surface area (Å²) in [6.45, 7) is 0. The van der Waals surface area contributed by atoms with Crippen molar-refractivity contribution in [2.24, 2.45) is 0 Å². The lowest BCUT2D eigenvalue weighted by atomic mass is 10.0. The fraction of sp³-hybridized carbons (Fsp3) is 0. The van der Waals surface area contributed by atoms with Gasteiger partial charge in [-0.2, -0.15) is 0 Å². The molecule has 0 fully saturated rings. The Kier molecular flexibility index (Phi) is 2.63. The molecule has 4 heteroatoms. The van der Waals surface area contributed by atoms with E-state index in [1.165, 1.54) is 30.3 Å². The zero-order valence-electron chi connectivity index (χ0n) is 9.78. The number of anilines is 1. The van der Waals surface area contributed by atoms with Gasteiger partial charge in [0.1, 0.15) is 11.6 Å². The van der Waals surface area contributed by atoms with E-state index < -0.39 is 5.82 Å². The highest BCUT2D eigenvalue weighted by Crippen LogP contribution is 2.33. The number of hydrogen-bond donors (Lipinski definition) is 1. The van der Waals surface area contributed by atoms with Crippen LogP contribution in [-0.4, -0.2) is 5.91 Å². The van der Waals surface area contributed by atoms with Gasteiger partial charge in [-0.3, -0.25) is 4.79 Å². The van der Waals surface area contributed by atoms with E-state index in [1.807, 2.05) is 0 Å². The van der Waals surface area contributed by atoms with Crippen molar-refractivity contribution < 1.29 is 13.6 Å². The number of hydrogen-bond acceptors (Lipinski definition) is 1. The van der Waals surface area contributed by atoms with Crippen molar-refractivity contribution in [3.8, 4) is 0 Å². The Morgan fingerprint density at radius 3 is 2.37 bits per heavy atom. The maximum atomic E-state index is 13.2. The van der Waals surface area contributed by atoms with Crippen LogP contribution in [-0.2, 0) is 4.79 Å². The Labute approximate surface area is 108 Å². The van der Waals surface area contributed by atoms with Crippen LogP contribution in [0.15, 0.2) is 42.5 Å². The van der Waals surface area contributed by atoms with Gasteiger partial charge in [0, 0.05) is 16.8 Å². The highest BCUT2D eigenvalue weighted by molar-refractivity contribution is 6.34. The summed E-state index contributed by atoms with van der Waals surface area (Å²) < 4.78 is 26.1. The van der Waals surface area contributed by atoms with Gasteiger partial charge in [-0.05, 0) is 42.0 Å². The van der Waals surface area contributed by atoms with Crippen molar-refractivity contribution in [2.45, 2.75) is 0 Å². The average molecular weight is 257 g/mol. The fourth-order valence-electron chi connectivity index (χ4n) is 2.03. The van der Waals surface area contributed by atoms with Crippen LogP contribution < -0.4 is 5.32 Å². The lowest BCUT2D eigenvalue weighted by Gasteiger charge is -1.99. The van der Waals surface area contributed by atoms with Crippen LogP contribution >= 0.6 is 0 Å². The minimum absolute atomic E-state index is 0.287. The molecule has 1 aliphatic heterocycles. The van der Waals surface area contributed by atoms with Gasteiger partial charge in [0.2, 0.25) is 0 Å². The molecule has 0 saturated carbocycles. The third-order valence-corrected chi connectivity index (χ3v) is 2.95. The predicted molar refractivity (Wildman–Crippen MR) is 69.3 cm³/mol. The molecule has 0 saturated heterocycles. The van der Waals surface area contributed by atoms with Gasteiger partial charge in [0.15, 0.2) is 0 Å². The first kappa shape index (κ1) is 11.6. The number of benzene rings is 2. The highest BCUT2D eigenvalue weighted by Gasteiger charge is 2.24. The summed E-state index contributed by atoms with van der Waals surface area (Å²) >= 11 is 0. The van der Waals surface area contributed by atoms with E-state index in [0.717, 1.165) is 0 Å². The van der Waals surface area contributed by atoms with Crippen molar-refractivity contribution in [1.29, 1.82) is 0 Å². The molecule has 2 aromatic rings. The van der Waals surface area contributed by atoms with Crippen LogP contribution in [0, 0.1) is 11.6 Å². The molecule has 0 atom stereocenters. The standard InChI is InChI=1S/C15H9F2NO/c16-10-3-1-9(2-4-10)7-13-12-8-11(17)5-6-14(12)18-15(13)19/h1-8H,(H,18,19). The van der Waals surface area contributed by atoms with Gasteiger partial charge >= 0.3 is 0 Å². The molecule has 2 nitrogen and oxygen atoms in total. The molecule has 1 amide bonds. The third kappa shape index (κ3) is 2.12. The molecule has 2 aromatic carbocycles. The Hall–Kier alpha value is -2.49. The van der Waals surface area contributed by atoms with E-state index in [-0.39, 0.29) is 11.7 Å². The minimum Gasteiger partial charge on any atom is -0.321 e. The van der Waals surface area contributed by atoms with E-state index in [1.54, 1.807) is 18.2 Å². The SMILES string of the molecule is O=C1Nc2ccc(F)cc2C1=Cc1ccc(F)cc1. The van der Waals surface area contributed by atoms with E-state index in [4.69, 9.17) is 0 Å². The molecular formula is C15H9F2NO. The summed E-state index contributed by atoms with van der Waals surface area (Å²) in [5, 5.41) is 2.66. The first-order valence-electron chi connectivity index (χ1n) is 5.72. The van der Waals surface area contributed by atoms with Crippen LogP contribution in [0.5, 0.6) is 0 Å². The second-order valence-corrected chi connectivity index (χ2v) is 4.25. The average Bonchev–Trinajstić information content (AvgIpc) is 2.69.